The van der Waals surface area contributed by atoms with Crippen LogP contribution in [0.5, 0.6) is 0 Å². The molecule has 25 heavy (non-hydrogen) atoms. The van der Waals surface area contributed by atoms with Gasteiger partial charge in [0.05, 0.1) is 18.6 Å². The molecule has 1 unspecified atom stereocenters. The van der Waals surface area contributed by atoms with E-state index >= 15 is 0 Å². The molecule has 1 aliphatic rings. The van der Waals surface area contributed by atoms with Crippen LogP contribution in [-0.2, 0) is 23.0 Å². The van der Waals surface area contributed by atoms with Crippen molar-refractivity contribution >= 4 is 11.9 Å². The van der Waals surface area contributed by atoms with Gasteiger partial charge in [0.1, 0.15) is 0 Å². The van der Waals surface area contributed by atoms with Crippen molar-refractivity contribution in [1.29, 1.82) is 0 Å². The Morgan fingerprint density at radius 2 is 2.16 bits per heavy atom. The van der Waals surface area contributed by atoms with Gasteiger partial charge in [0.2, 0.25) is 5.91 Å². The van der Waals surface area contributed by atoms with Crippen molar-refractivity contribution in [2.45, 2.75) is 52.0 Å². The Labute approximate surface area is 150 Å². The quantitative estimate of drug-likeness (QED) is 0.577. The number of rotatable bonds is 8. The molecular formula is C19H31N3O3. The first-order chi connectivity index (χ1) is 12.0. The SMILES string of the molecule is CCOC(=O)c1ccn(C)c1CC(=O)NCCCN1CCCCC1C. The number of aromatic nitrogens is 1. The standard InChI is InChI=1S/C19H31N3O3/c1-4-25-19(24)16-9-13-21(3)17(16)14-18(23)20-10-7-12-22-11-6-5-8-15(22)2/h9,13,15H,4-8,10-12,14H2,1-3H3,(H,20,23). The molecule has 1 aliphatic heterocycles. The Hall–Kier alpha value is -1.82. The van der Waals surface area contributed by atoms with Crippen LogP contribution in [0.4, 0.5) is 0 Å². The Morgan fingerprint density at radius 1 is 1.36 bits per heavy atom. The highest BCUT2D eigenvalue weighted by atomic mass is 16.5. The predicted octanol–water partition coefficient (Wildman–Crippen LogP) is 2.12. The highest BCUT2D eigenvalue weighted by Gasteiger charge is 2.19. The number of hydrogen-bond acceptors (Lipinski definition) is 4. The van der Waals surface area contributed by atoms with Crippen molar-refractivity contribution in [2.75, 3.05) is 26.2 Å². The molecule has 6 nitrogen and oxygen atoms in total. The molecular weight excluding hydrogens is 318 g/mol. The minimum atomic E-state index is -0.370. The van der Waals surface area contributed by atoms with Crippen molar-refractivity contribution in [3.8, 4) is 0 Å². The Morgan fingerprint density at radius 3 is 2.88 bits per heavy atom. The van der Waals surface area contributed by atoms with E-state index in [1.54, 1.807) is 23.8 Å². The molecule has 1 saturated heterocycles. The molecule has 0 spiro atoms. The van der Waals surface area contributed by atoms with E-state index in [-0.39, 0.29) is 18.3 Å². The fraction of sp³-hybridized carbons (Fsp3) is 0.684. The lowest BCUT2D eigenvalue weighted by Crippen LogP contribution is -2.39. The van der Waals surface area contributed by atoms with Crippen molar-refractivity contribution < 1.29 is 14.3 Å². The number of aryl methyl sites for hydroxylation is 1. The molecule has 0 saturated carbocycles. The molecule has 0 radical (unpaired) electrons. The summed E-state index contributed by atoms with van der Waals surface area (Å²) in [5.41, 5.74) is 1.17. The van der Waals surface area contributed by atoms with Crippen LogP contribution in [0.25, 0.3) is 0 Å². The van der Waals surface area contributed by atoms with E-state index in [0.717, 1.165) is 13.0 Å². The summed E-state index contributed by atoms with van der Waals surface area (Å²) in [6, 6.07) is 2.36. The molecule has 1 amide bonds. The van der Waals surface area contributed by atoms with Crippen molar-refractivity contribution in [3.63, 3.8) is 0 Å². The molecule has 2 rings (SSSR count). The molecule has 2 heterocycles. The van der Waals surface area contributed by atoms with E-state index in [9.17, 15) is 9.59 Å². The Bertz CT molecular complexity index is 582. The predicted molar refractivity (Wildman–Crippen MR) is 97.6 cm³/mol. The number of nitrogens with one attached hydrogen (secondary N) is 1. The monoisotopic (exact) mass is 349 g/mol. The molecule has 0 aromatic carbocycles. The van der Waals surface area contributed by atoms with Gasteiger partial charge in [0.15, 0.2) is 0 Å². The summed E-state index contributed by atoms with van der Waals surface area (Å²) in [6.07, 6.45) is 6.81. The Kier molecular flexibility index (Phi) is 7.50. The topological polar surface area (TPSA) is 63.6 Å². The van der Waals surface area contributed by atoms with E-state index in [1.807, 2.05) is 7.05 Å². The smallest absolute Gasteiger partial charge is 0.339 e. The Balaban J connectivity index is 1.77. The maximum Gasteiger partial charge on any atom is 0.339 e. The summed E-state index contributed by atoms with van der Waals surface area (Å²) in [6.45, 7) is 7.25. The highest BCUT2D eigenvalue weighted by Crippen LogP contribution is 2.16. The third-order valence-electron chi connectivity index (χ3n) is 4.91. The summed E-state index contributed by atoms with van der Waals surface area (Å²) in [5, 5.41) is 2.97. The van der Waals surface area contributed by atoms with E-state index in [4.69, 9.17) is 4.74 Å². The second-order valence-electron chi connectivity index (χ2n) is 6.77. The van der Waals surface area contributed by atoms with Gasteiger partial charge in [0, 0.05) is 38.1 Å². The van der Waals surface area contributed by atoms with Crippen LogP contribution >= 0.6 is 0 Å². The molecule has 0 aliphatic carbocycles. The number of nitrogens with zero attached hydrogens (tertiary/aromatic N) is 2. The first-order valence-electron chi connectivity index (χ1n) is 9.35. The molecule has 0 bridgehead atoms. The van der Waals surface area contributed by atoms with E-state index in [1.165, 1.54) is 25.8 Å². The normalized spacial score (nSPS) is 18.1. The van der Waals surface area contributed by atoms with Crippen LogP contribution in [0, 0.1) is 0 Å². The summed E-state index contributed by atoms with van der Waals surface area (Å²) in [4.78, 5) is 26.7. The molecule has 6 heteroatoms. The summed E-state index contributed by atoms with van der Waals surface area (Å²) >= 11 is 0. The fourth-order valence-electron chi connectivity index (χ4n) is 3.39. The van der Waals surface area contributed by atoms with Crippen molar-refractivity contribution in [1.82, 2.24) is 14.8 Å². The van der Waals surface area contributed by atoms with Crippen LogP contribution in [0.15, 0.2) is 12.3 Å². The summed E-state index contributed by atoms with van der Waals surface area (Å²) in [7, 11) is 1.84. The van der Waals surface area contributed by atoms with Gasteiger partial charge in [-0.25, -0.2) is 4.79 Å². The van der Waals surface area contributed by atoms with Gasteiger partial charge < -0.3 is 19.5 Å². The number of likely N-dealkylation sites (tertiary alicyclic amines) is 1. The van der Waals surface area contributed by atoms with Gasteiger partial charge in [-0.3, -0.25) is 4.79 Å². The minimum absolute atomic E-state index is 0.0564. The number of piperidine rings is 1. The third kappa shape index (κ3) is 5.59. The molecule has 1 N–H and O–H groups in total. The average molecular weight is 349 g/mol. The number of carbonyl (C=O) groups is 2. The maximum atomic E-state index is 12.2. The van der Waals surface area contributed by atoms with Gasteiger partial charge in [-0.15, -0.1) is 0 Å². The molecule has 1 aromatic heterocycles. The zero-order valence-electron chi connectivity index (χ0n) is 15.7. The minimum Gasteiger partial charge on any atom is -0.462 e. The average Bonchev–Trinajstić information content (AvgIpc) is 2.94. The largest absolute Gasteiger partial charge is 0.462 e. The maximum absolute atomic E-state index is 12.2. The van der Waals surface area contributed by atoms with Crippen LogP contribution in [0.2, 0.25) is 0 Å². The van der Waals surface area contributed by atoms with Gasteiger partial charge in [-0.2, -0.15) is 0 Å². The van der Waals surface area contributed by atoms with Gasteiger partial charge in [-0.05, 0) is 45.7 Å². The number of carbonyl (C=O) groups excluding carboxylic acids is 2. The molecule has 1 fully saturated rings. The van der Waals surface area contributed by atoms with Crippen LogP contribution in [0.1, 0.15) is 55.6 Å². The van der Waals surface area contributed by atoms with Crippen LogP contribution in [-0.4, -0.2) is 53.6 Å². The molecule has 1 atom stereocenters. The molecule has 1 aromatic rings. The van der Waals surface area contributed by atoms with E-state index < -0.39 is 0 Å². The number of amides is 1. The fourth-order valence-corrected chi connectivity index (χ4v) is 3.39. The molecule has 140 valence electrons. The summed E-state index contributed by atoms with van der Waals surface area (Å²) in [5.74, 6) is -0.427. The lowest BCUT2D eigenvalue weighted by Gasteiger charge is -2.33. The third-order valence-corrected chi connectivity index (χ3v) is 4.91. The van der Waals surface area contributed by atoms with Gasteiger partial charge >= 0.3 is 5.97 Å². The van der Waals surface area contributed by atoms with Gasteiger partial charge in [-0.1, -0.05) is 6.42 Å². The van der Waals surface area contributed by atoms with Crippen LogP contribution < -0.4 is 5.32 Å². The van der Waals surface area contributed by atoms with Crippen LogP contribution in [0.3, 0.4) is 0 Å². The number of esters is 1. The first-order valence-corrected chi connectivity index (χ1v) is 9.35. The number of ether oxygens (including phenoxy) is 1. The zero-order chi connectivity index (χ0) is 18.2. The second kappa shape index (κ2) is 9.61. The van der Waals surface area contributed by atoms with E-state index in [2.05, 4.69) is 17.1 Å². The lowest BCUT2D eigenvalue weighted by atomic mass is 10.0. The summed E-state index contributed by atoms with van der Waals surface area (Å²) < 4.78 is 6.86. The van der Waals surface area contributed by atoms with Gasteiger partial charge in [0.25, 0.3) is 0 Å². The second-order valence-corrected chi connectivity index (χ2v) is 6.77. The zero-order valence-corrected chi connectivity index (χ0v) is 15.7. The van der Waals surface area contributed by atoms with E-state index in [0.29, 0.717) is 30.5 Å². The highest BCUT2D eigenvalue weighted by molar-refractivity contribution is 5.92. The number of hydrogen-bond donors (Lipinski definition) is 1. The van der Waals surface area contributed by atoms with Crippen molar-refractivity contribution in [3.05, 3.63) is 23.5 Å². The van der Waals surface area contributed by atoms with Crippen molar-refractivity contribution in [2.24, 2.45) is 7.05 Å². The first kappa shape index (κ1) is 19.5. The lowest BCUT2D eigenvalue weighted by molar-refractivity contribution is -0.120.